The summed E-state index contributed by atoms with van der Waals surface area (Å²) >= 11 is 0. The lowest BCUT2D eigenvalue weighted by atomic mass is 10.0. The van der Waals surface area contributed by atoms with Gasteiger partial charge in [-0.2, -0.15) is 4.39 Å². The van der Waals surface area contributed by atoms with E-state index >= 15 is 0 Å². The fourth-order valence-electron chi connectivity index (χ4n) is 2.47. The Morgan fingerprint density at radius 3 is 2.17 bits per heavy atom. The molecule has 18 heavy (non-hydrogen) atoms. The van der Waals surface area contributed by atoms with Crippen LogP contribution in [0.2, 0.25) is 0 Å². The summed E-state index contributed by atoms with van der Waals surface area (Å²) in [5.74, 6) is 0.331. The van der Waals surface area contributed by atoms with Crippen LogP contribution in [-0.2, 0) is 12.8 Å². The summed E-state index contributed by atoms with van der Waals surface area (Å²) in [6.07, 6.45) is 1.99. The molecular weight excluding hydrogens is 227 g/mol. The molecule has 3 rings (SSSR count). The maximum Gasteiger partial charge on any atom is 0.214 e. The highest BCUT2D eigenvalue weighted by molar-refractivity contribution is 5.41. The molecule has 1 aromatic carbocycles. The van der Waals surface area contributed by atoms with Gasteiger partial charge in [-0.25, -0.2) is 4.98 Å². The summed E-state index contributed by atoms with van der Waals surface area (Å²) in [4.78, 5) is 6.12. The highest BCUT2D eigenvalue weighted by Crippen LogP contribution is 2.19. The van der Waals surface area contributed by atoms with Crippen molar-refractivity contribution in [3.05, 3.63) is 59.5 Å². The molecule has 0 aliphatic carbocycles. The van der Waals surface area contributed by atoms with Crippen LogP contribution in [0, 0.1) is 5.95 Å². The van der Waals surface area contributed by atoms with E-state index in [0.717, 1.165) is 31.7 Å². The molecule has 0 spiro atoms. The summed E-state index contributed by atoms with van der Waals surface area (Å²) in [5, 5.41) is 0. The van der Waals surface area contributed by atoms with Crippen molar-refractivity contribution < 1.29 is 4.39 Å². The van der Waals surface area contributed by atoms with Gasteiger partial charge >= 0.3 is 0 Å². The highest BCUT2D eigenvalue weighted by Gasteiger charge is 2.14. The number of halogens is 1. The Labute approximate surface area is 106 Å². The Hall–Kier alpha value is -1.90. The van der Waals surface area contributed by atoms with Crippen LogP contribution in [0.4, 0.5) is 10.2 Å². The minimum Gasteiger partial charge on any atom is -0.356 e. The first-order valence-electron chi connectivity index (χ1n) is 6.27. The maximum atomic E-state index is 13.1. The average molecular weight is 242 g/mol. The van der Waals surface area contributed by atoms with Gasteiger partial charge in [-0.05, 0) is 36.1 Å². The number of hydrogen-bond donors (Lipinski definition) is 0. The highest BCUT2D eigenvalue weighted by atomic mass is 19.1. The van der Waals surface area contributed by atoms with Gasteiger partial charge in [-0.3, -0.25) is 0 Å². The number of fused-ring (bicyclic) bond motifs is 1. The summed E-state index contributed by atoms with van der Waals surface area (Å²) in [5.41, 5.74) is 2.80. The molecule has 3 heteroatoms. The number of rotatable bonds is 1. The largest absolute Gasteiger partial charge is 0.356 e. The van der Waals surface area contributed by atoms with E-state index in [0.29, 0.717) is 0 Å². The first-order chi connectivity index (χ1) is 8.83. The van der Waals surface area contributed by atoms with Crippen molar-refractivity contribution in [3.63, 3.8) is 0 Å². The van der Waals surface area contributed by atoms with Gasteiger partial charge in [0.05, 0.1) is 0 Å². The lowest BCUT2D eigenvalue weighted by Crippen LogP contribution is -2.27. The SMILES string of the molecule is Fc1cccc(N2CCc3ccccc3CC2)n1. The molecule has 1 aromatic heterocycles. The predicted octanol–water partition coefficient (Wildman–Crippen LogP) is 2.83. The number of aromatic nitrogens is 1. The van der Waals surface area contributed by atoms with Crippen molar-refractivity contribution in [1.29, 1.82) is 0 Å². The molecule has 0 atom stereocenters. The summed E-state index contributed by atoms with van der Waals surface area (Å²) in [6, 6.07) is 13.5. The molecule has 1 aliphatic heterocycles. The molecule has 0 saturated heterocycles. The van der Waals surface area contributed by atoms with Crippen molar-refractivity contribution in [2.75, 3.05) is 18.0 Å². The van der Waals surface area contributed by atoms with Gasteiger partial charge in [0.2, 0.25) is 5.95 Å². The fourth-order valence-corrected chi connectivity index (χ4v) is 2.47. The third-order valence-electron chi connectivity index (χ3n) is 3.44. The molecular formula is C15H15FN2. The van der Waals surface area contributed by atoms with Crippen molar-refractivity contribution in [2.45, 2.75) is 12.8 Å². The Balaban J connectivity index is 1.83. The number of nitrogens with zero attached hydrogens (tertiary/aromatic N) is 2. The van der Waals surface area contributed by atoms with Gasteiger partial charge in [0.1, 0.15) is 5.82 Å². The molecule has 0 bridgehead atoms. The van der Waals surface area contributed by atoms with Crippen molar-refractivity contribution in [3.8, 4) is 0 Å². The Morgan fingerprint density at radius 1 is 0.889 bits per heavy atom. The number of hydrogen-bond acceptors (Lipinski definition) is 2. The number of anilines is 1. The van der Waals surface area contributed by atoms with Crippen LogP contribution in [-0.4, -0.2) is 18.1 Å². The van der Waals surface area contributed by atoms with Crippen LogP contribution in [0.15, 0.2) is 42.5 Å². The molecule has 1 aliphatic rings. The number of benzene rings is 1. The Bertz CT molecular complexity index is 527. The normalized spacial score (nSPS) is 15.1. The first-order valence-corrected chi connectivity index (χ1v) is 6.27. The monoisotopic (exact) mass is 242 g/mol. The topological polar surface area (TPSA) is 16.1 Å². The fraction of sp³-hybridized carbons (Fsp3) is 0.267. The minimum absolute atomic E-state index is 0.408. The zero-order valence-electron chi connectivity index (χ0n) is 10.1. The summed E-state index contributed by atoms with van der Waals surface area (Å²) in [6.45, 7) is 1.79. The van der Waals surface area contributed by atoms with Gasteiger partial charge in [0.15, 0.2) is 0 Å². The van der Waals surface area contributed by atoms with Crippen molar-refractivity contribution in [2.24, 2.45) is 0 Å². The van der Waals surface area contributed by atoms with Crippen LogP contribution >= 0.6 is 0 Å². The van der Waals surface area contributed by atoms with Crippen LogP contribution in [0.5, 0.6) is 0 Å². The second kappa shape index (κ2) is 4.77. The molecule has 92 valence electrons. The quantitative estimate of drug-likeness (QED) is 0.715. The molecule has 2 heterocycles. The van der Waals surface area contributed by atoms with Gasteiger partial charge in [0, 0.05) is 13.1 Å². The second-order valence-electron chi connectivity index (χ2n) is 4.57. The van der Waals surface area contributed by atoms with Gasteiger partial charge < -0.3 is 4.90 Å². The maximum absolute atomic E-state index is 13.1. The molecule has 0 saturated carbocycles. The summed E-state index contributed by atoms with van der Waals surface area (Å²) in [7, 11) is 0. The molecule has 0 N–H and O–H groups in total. The predicted molar refractivity (Wildman–Crippen MR) is 70.3 cm³/mol. The molecule has 0 fully saturated rings. The molecule has 2 aromatic rings. The zero-order valence-corrected chi connectivity index (χ0v) is 10.1. The van der Waals surface area contributed by atoms with Crippen LogP contribution in [0.25, 0.3) is 0 Å². The minimum atomic E-state index is -0.408. The van der Waals surface area contributed by atoms with E-state index < -0.39 is 5.95 Å². The standard InChI is InChI=1S/C15H15FN2/c16-14-6-3-7-15(17-14)18-10-8-12-4-1-2-5-13(12)9-11-18/h1-7H,8-11H2. The van der Waals surface area contributed by atoms with E-state index in [1.54, 1.807) is 6.07 Å². The second-order valence-corrected chi connectivity index (χ2v) is 4.57. The molecule has 2 nitrogen and oxygen atoms in total. The van der Waals surface area contributed by atoms with E-state index in [2.05, 4.69) is 34.1 Å². The average Bonchev–Trinajstić information content (AvgIpc) is 2.61. The third kappa shape index (κ3) is 2.21. The Morgan fingerprint density at radius 2 is 1.56 bits per heavy atom. The van der Waals surface area contributed by atoms with E-state index in [1.165, 1.54) is 17.2 Å². The van der Waals surface area contributed by atoms with E-state index in [9.17, 15) is 4.39 Å². The van der Waals surface area contributed by atoms with Gasteiger partial charge in [0.25, 0.3) is 0 Å². The smallest absolute Gasteiger partial charge is 0.214 e. The van der Waals surface area contributed by atoms with Crippen LogP contribution in [0.1, 0.15) is 11.1 Å². The third-order valence-corrected chi connectivity index (χ3v) is 3.44. The summed E-state index contributed by atoms with van der Waals surface area (Å²) < 4.78 is 13.1. The first kappa shape index (κ1) is 11.2. The zero-order chi connectivity index (χ0) is 12.4. The van der Waals surface area contributed by atoms with E-state index in [1.807, 2.05) is 6.07 Å². The van der Waals surface area contributed by atoms with Crippen molar-refractivity contribution >= 4 is 5.82 Å². The van der Waals surface area contributed by atoms with Gasteiger partial charge in [-0.15, -0.1) is 0 Å². The van der Waals surface area contributed by atoms with Crippen molar-refractivity contribution in [1.82, 2.24) is 4.98 Å². The molecule has 0 unspecified atom stereocenters. The van der Waals surface area contributed by atoms with E-state index in [4.69, 9.17) is 0 Å². The number of pyridine rings is 1. The van der Waals surface area contributed by atoms with E-state index in [-0.39, 0.29) is 0 Å². The van der Waals surface area contributed by atoms with Crippen LogP contribution in [0.3, 0.4) is 0 Å². The molecule has 0 amide bonds. The molecule has 0 radical (unpaired) electrons. The Kier molecular flexibility index (Phi) is 2.97. The van der Waals surface area contributed by atoms with Gasteiger partial charge in [-0.1, -0.05) is 30.3 Å². The lowest BCUT2D eigenvalue weighted by molar-refractivity contribution is 0.580. The van der Waals surface area contributed by atoms with Crippen LogP contribution < -0.4 is 4.90 Å². The lowest BCUT2D eigenvalue weighted by Gasteiger charge is -2.21.